The van der Waals surface area contributed by atoms with Crippen molar-refractivity contribution in [2.75, 3.05) is 25.0 Å². The molecule has 1 aliphatic heterocycles. The van der Waals surface area contributed by atoms with E-state index >= 15 is 0 Å². The second-order valence-electron chi connectivity index (χ2n) is 6.67. The molecule has 1 N–H and O–H groups in total. The number of fused-ring (bicyclic) bond motifs is 1. The minimum atomic E-state index is -2.76. The van der Waals surface area contributed by atoms with Crippen molar-refractivity contribution in [3.63, 3.8) is 0 Å². The molecule has 0 amide bonds. The molecule has 2 aromatic carbocycles. The Balaban J connectivity index is 0.000000438. The van der Waals surface area contributed by atoms with Gasteiger partial charge in [-0.15, -0.1) is 0 Å². The summed E-state index contributed by atoms with van der Waals surface area (Å²) in [5, 5.41) is 9.83. The molecule has 0 atom stereocenters. The number of phenolic OH excluding ortho intramolecular Hbond substituents is 1. The van der Waals surface area contributed by atoms with E-state index in [0.29, 0.717) is 23.7 Å². The number of anilines is 2. The van der Waals surface area contributed by atoms with Gasteiger partial charge in [0.05, 0.1) is 16.1 Å². The number of nitrogens with zero attached hydrogens (tertiary/aromatic N) is 2. The van der Waals surface area contributed by atoms with Crippen LogP contribution in [0.1, 0.15) is 32.3 Å². The summed E-state index contributed by atoms with van der Waals surface area (Å²) in [6.07, 6.45) is -2.83. The lowest BCUT2D eigenvalue weighted by atomic mass is 10.1. The first kappa shape index (κ1) is 23.3. The van der Waals surface area contributed by atoms with Crippen LogP contribution in [0.4, 0.5) is 33.3 Å². The summed E-state index contributed by atoms with van der Waals surface area (Å²) in [6, 6.07) is 8.58. The van der Waals surface area contributed by atoms with Gasteiger partial charge in [-0.3, -0.25) is 0 Å². The largest absolute Gasteiger partial charge is 0.507 e. The smallest absolute Gasteiger partial charge is 0.267 e. The molecule has 1 heterocycles. The van der Waals surface area contributed by atoms with Crippen LogP contribution in [0.25, 0.3) is 0 Å². The summed E-state index contributed by atoms with van der Waals surface area (Å²) < 4.78 is 64.2. The van der Waals surface area contributed by atoms with E-state index in [-0.39, 0.29) is 12.2 Å². The minimum absolute atomic E-state index is 0.0625. The van der Waals surface area contributed by atoms with Gasteiger partial charge in [0.2, 0.25) is 5.92 Å². The number of hydrogen-bond acceptors (Lipinski definition) is 4. The molecular weight excluding hydrogens is 411 g/mol. The van der Waals surface area contributed by atoms with Crippen LogP contribution in [0.2, 0.25) is 0 Å². The Morgan fingerprint density at radius 2 is 1.72 bits per heavy atom. The standard InChI is InChI=1S/C16H15F3N2OS.C4H8F2/c1-20-6-7-21(11-4-2-10(17)3-5-11)13-8-12(16(18)19)14(22)9-15(13)23-20;1-3-4(2,5)6/h2-5,8-9,16,22H,6-7H2,1H3;3H2,1-2H3. The summed E-state index contributed by atoms with van der Waals surface area (Å²) in [5.41, 5.74) is 0.898. The van der Waals surface area contributed by atoms with Crippen LogP contribution in [0.5, 0.6) is 5.75 Å². The number of benzene rings is 2. The number of rotatable bonds is 3. The molecule has 0 aliphatic carbocycles. The van der Waals surface area contributed by atoms with Gasteiger partial charge in [-0.2, -0.15) is 0 Å². The third-order valence-electron chi connectivity index (χ3n) is 4.29. The summed E-state index contributed by atoms with van der Waals surface area (Å²) in [7, 11) is 1.89. The molecule has 160 valence electrons. The van der Waals surface area contributed by atoms with Crippen LogP contribution in [-0.4, -0.2) is 35.5 Å². The quantitative estimate of drug-likeness (QED) is 0.434. The van der Waals surface area contributed by atoms with Gasteiger partial charge in [-0.25, -0.2) is 26.3 Å². The van der Waals surface area contributed by atoms with Crippen molar-refractivity contribution in [1.82, 2.24) is 4.31 Å². The van der Waals surface area contributed by atoms with Gasteiger partial charge in [0.1, 0.15) is 11.6 Å². The van der Waals surface area contributed by atoms with E-state index in [0.717, 1.165) is 12.6 Å². The number of halogens is 5. The molecule has 0 saturated carbocycles. The van der Waals surface area contributed by atoms with Crippen molar-refractivity contribution >= 4 is 23.3 Å². The highest BCUT2D eigenvalue weighted by Crippen LogP contribution is 2.43. The monoisotopic (exact) mass is 434 g/mol. The third-order valence-corrected chi connectivity index (χ3v) is 5.30. The molecule has 29 heavy (non-hydrogen) atoms. The maximum Gasteiger partial charge on any atom is 0.267 e. The Labute approximate surface area is 171 Å². The normalized spacial score (nSPS) is 14.9. The molecule has 0 spiro atoms. The third kappa shape index (κ3) is 6.50. The van der Waals surface area contributed by atoms with E-state index in [1.807, 2.05) is 16.3 Å². The second kappa shape index (κ2) is 9.67. The van der Waals surface area contributed by atoms with Crippen molar-refractivity contribution in [2.24, 2.45) is 0 Å². The van der Waals surface area contributed by atoms with Gasteiger partial charge >= 0.3 is 0 Å². The highest BCUT2D eigenvalue weighted by atomic mass is 32.2. The molecule has 0 saturated heterocycles. The van der Waals surface area contributed by atoms with Gasteiger partial charge in [-0.05, 0) is 62.3 Å². The summed E-state index contributed by atoms with van der Waals surface area (Å²) in [4.78, 5) is 2.53. The molecule has 0 aromatic heterocycles. The van der Waals surface area contributed by atoms with Crippen LogP contribution in [0, 0.1) is 5.82 Å². The molecule has 3 rings (SSSR count). The van der Waals surface area contributed by atoms with Crippen LogP contribution in [0.15, 0.2) is 41.3 Å². The van der Waals surface area contributed by atoms with Gasteiger partial charge in [0.15, 0.2) is 0 Å². The molecule has 9 heteroatoms. The lowest BCUT2D eigenvalue weighted by Crippen LogP contribution is -2.24. The Kier molecular flexibility index (Phi) is 7.76. The zero-order chi connectivity index (χ0) is 21.8. The van der Waals surface area contributed by atoms with Crippen LogP contribution in [-0.2, 0) is 0 Å². The summed E-state index contributed by atoms with van der Waals surface area (Å²) >= 11 is 1.38. The predicted octanol–water partition coefficient (Wildman–Crippen LogP) is 6.61. The average molecular weight is 434 g/mol. The van der Waals surface area contributed by atoms with Crippen LogP contribution in [0.3, 0.4) is 0 Å². The van der Waals surface area contributed by atoms with E-state index < -0.39 is 23.7 Å². The molecule has 2 aromatic rings. The molecule has 0 unspecified atom stereocenters. The highest BCUT2D eigenvalue weighted by molar-refractivity contribution is 7.97. The molecule has 3 nitrogen and oxygen atoms in total. The van der Waals surface area contributed by atoms with Crippen LogP contribution < -0.4 is 4.90 Å². The number of phenols is 1. The van der Waals surface area contributed by atoms with Gasteiger partial charge in [0, 0.05) is 25.2 Å². The zero-order valence-corrected chi connectivity index (χ0v) is 17.1. The Morgan fingerprint density at radius 1 is 1.14 bits per heavy atom. The fourth-order valence-electron chi connectivity index (χ4n) is 2.50. The maximum absolute atomic E-state index is 13.2. The van der Waals surface area contributed by atoms with Gasteiger partial charge in [-0.1, -0.05) is 6.92 Å². The van der Waals surface area contributed by atoms with Crippen molar-refractivity contribution in [3.8, 4) is 5.75 Å². The number of hydrogen-bond donors (Lipinski definition) is 1. The fourth-order valence-corrected chi connectivity index (χ4v) is 3.43. The lowest BCUT2D eigenvalue weighted by Gasteiger charge is -2.25. The van der Waals surface area contributed by atoms with E-state index in [9.17, 15) is 27.1 Å². The zero-order valence-electron chi connectivity index (χ0n) is 16.3. The Hall–Kier alpha value is -2.00. The minimum Gasteiger partial charge on any atom is -0.507 e. The average Bonchev–Trinajstić information content (AvgIpc) is 2.79. The Bertz CT molecular complexity index is 812. The first-order valence-corrected chi connectivity index (χ1v) is 9.74. The molecule has 0 fully saturated rings. The van der Waals surface area contributed by atoms with Gasteiger partial charge in [0.25, 0.3) is 6.43 Å². The second-order valence-corrected chi connectivity index (χ2v) is 7.92. The predicted molar refractivity (Wildman–Crippen MR) is 106 cm³/mol. The van der Waals surface area contributed by atoms with Crippen LogP contribution >= 0.6 is 11.9 Å². The van der Waals surface area contributed by atoms with Crippen molar-refractivity contribution < 1.29 is 27.1 Å². The van der Waals surface area contributed by atoms with E-state index in [4.69, 9.17) is 0 Å². The first-order valence-electron chi connectivity index (χ1n) is 8.97. The number of aromatic hydroxyl groups is 1. The van der Waals surface area contributed by atoms with E-state index in [1.165, 1.54) is 43.1 Å². The number of alkyl halides is 4. The van der Waals surface area contributed by atoms with Gasteiger partial charge < -0.3 is 10.0 Å². The van der Waals surface area contributed by atoms with E-state index in [2.05, 4.69) is 0 Å². The first-order chi connectivity index (χ1) is 13.5. The van der Waals surface area contributed by atoms with Crippen molar-refractivity contribution in [1.29, 1.82) is 0 Å². The molecule has 0 bridgehead atoms. The van der Waals surface area contributed by atoms with Crippen molar-refractivity contribution in [3.05, 3.63) is 47.8 Å². The lowest BCUT2D eigenvalue weighted by molar-refractivity contribution is 0.0181. The number of likely N-dealkylation sites (N-methyl/N-ethyl adjacent to an activating group) is 1. The fraction of sp³-hybridized carbons (Fsp3) is 0.400. The maximum atomic E-state index is 13.2. The topological polar surface area (TPSA) is 26.7 Å². The highest BCUT2D eigenvalue weighted by Gasteiger charge is 2.24. The Morgan fingerprint density at radius 3 is 2.24 bits per heavy atom. The van der Waals surface area contributed by atoms with Crippen molar-refractivity contribution in [2.45, 2.75) is 37.5 Å². The summed E-state index contributed by atoms with van der Waals surface area (Å²) in [6.45, 7) is 3.62. The van der Waals surface area contributed by atoms with E-state index in [1.54, 1.807) is 12.1 Å². The molecule has 1 aliphatic rings. The molecule has 0 radical (unpaired) electrons. The SMILES string of the molecule is CCC(C)(F)F.CN1CCN(c2ccc(F)cc2)c2cc(C(F)F)c(O)cc2S1. The summed E-state index contributed by atoms with van der Waals surface area (Å²) in [5.74, 6) is -3.23. The molecular formula is C20H23F5N2OS.